The van der Waals surface area contributed by atoms with Gasteiger partial charge < -0.3 is 19.7 Å². The van der Waals surface area contributed by atoms with E-state index in [4.69, 9.17) is 9.47 Å². The predicted molar refractivity (Wildman–Crippen MR) is 94.8 cm³/mol. The van der Waals surface area contributed by atoms with Crippen LogP contribution in [-0.4, -0.2) is 47.7 Å². The Morgan fingerprint density at radius 2 is 2.04 bits per heavy atom. The van der Waals surface area contributed by atoms with Crippen LogP contribution in [0.25, 0.3) is 0 Å². The zero-order chi connectivity index (χ0) is 18.3. The van der Waals surface area contributed by atoms with Crippen LogP contribution >= 0.6 is 15.9 Å². The van der Waals surface area contributed by atoms with Gasteiger partial charge in [0.05, 0.1) is 13.2 Å². The maximum Gasteiger partial charge on any atom is 0.410 e. The van der Waals surface area contributed by atoms with Crippen LogP contribution in [0.3, 0.4) is 0 Å². The molecule has 0 aliphatic heterocycles. The molecule has 1 aromatic rings. The van der Waals surface area contributed by atoms with Crippen LogP contribution in [0.2, 0.25) is 0 Å². The fourth-order valence-corrected chi connectivity index (χ4v) is 2.17. The van der Waals surface area contributed by atoms with Gasteiger partial charge in [-0.15, -0.1) is 0 Å². The molecule has 0 bridgehead atoms. The summed E-state index contributed by atoms with van der Waals surface area (Å²) >= 11 is 3.36. The molecule has 8 heteroatoms. The molecular weight excluding hydrogens is 378 g/mol. The summed E-state index contributed by atoms with van der Waals surface area (Å²) in [5.41, 5.74) is 0.188. The maximum absolute atomic E-state index is 12.1. The molecule has 0 saturated carbocycles. The van der Waals surface area contributed by atoms with Gasteiger partial charge in [-0.25, -0.2) is 9.78 Å². The van der Waals surface area contributed by atoms with E-state index in [1.54, 1.807) is 20.2 Å². The number of pyridine rings is 1. The van der Waals surface area contributed by atoms with E-state index < -0.39 is 11.7 Å². The topological polar surface area (TPSA) is 80.8 Å². The van der Waals surface area contributed by atoms with E-state index in [9.17, 15) is 9.59 Å². The molecule has 0 spiro atoms. The predicted octanol–water partition coefficient (Wildman–Crippen LogP) is 3.19. The molecule has 1 heterocycles. The average molecular weight is 402 g/mol. The average Bonchev–Trinajstić information content (AvgIpc) is 2.45. The van der Waals surface area contributed by atoms with Crippen molar-refractivity contribution < 1.29 is 19.1 Å². The van der Waals surface area contributed by atoms with Gasteiger partial charge in [-0.1, -0.05) is 0 Å². The number of halogens is 1. The zero-order valence-corrected chi connectivity index (χ0v) is 16.3. The van der Waals surface area contributed by atoms with E-state index in [-0.39, 0.29) is 19.1 Å². The Balaban J connectivity index is 2.80. The summed E-state index contributed by atoms with van der Waals surface area (Å²) in [5, 5.41) is 2.93. The second-order valence-corrected chi connectivity index (χ2v) is 7.07. The Labute approximate surface area is 150 Å². The largest absolute Gasteiger partial charge is 0.465 e. The van der Waals surface area contributed by atoms with Crippen LogP contribution in [0, 0.1) is 0 Å². The summed E-state index contributed by atoms with van der Waals surface area (Å²) in [7, 11) is 1.64. The second-order valence-electron chi connectivity index (χ2n) is 6.16. The van der Waals surface area contributed by atoms with Crippen molar-refractivity contribution >= 4 is 33.8 Å². The van der Waals surface area contributed by atoms with Crippen molar-refractivity contribution in [3.63, 3.8) is 0 Å². The van der Waals surface area contributed by atoms with Gasteiger partial charge >= 0.3 is 12.1 Å². The second kappa shape index (κ2) is 8.86. The SMILES string of the molecule is CCOC(=O)CNc1ncc(Br)cc1CN(C)C(=O)OC(C)(C)C. The minimum atomic E-state index is -0.564. The molecule has 134 valence electrons. The lowest BCUT2D eigenvalue weighted by atomic mass is 10.2. The molecule has 0 saturated heterocycles. The van der Waals surface area contributed by atoms with E-state index >= 15 is 0 Å². The lowest BCUT2D eigenvalue weighted by Gasteiger charge is -2.25. The lowest BCUT2D eigenvalue weighted by molar-refractivity contribution is -0.140. The minimum Gasteiger partial charge on any atom is -0.465 e. The minimum absolute atomic E-state index is 0.00558. The van der Waals surface area contributed by atoms with Crippen molar-refractivity contribution in [1.29, 1.82) is 0 Å². The molecule has 24 heavy (non-hydrogen) atoms. The van der Waals surface area contributed by atoms with Gasteiger partial charge in [0.25, 0.3) is 0 Å². The Bertz CT molecular complexity index is 587. The molecule has 0 fully saturated rings. The van der Waals surface area contributed by atoms with Crippen molar-refractivity contribution in [2.75, 3.05) is 25.5 Å². The summed E-state index contributed by atoms with van der Waals surface area (Å²) in [6, 6.07) is 1.83. The molecule has 0 radical (unpaired) electrons. The third-order valence-corrected chi connectivity index (χ3v) is 3.19. The maximum atomic E-state index is 12.1. The van der Waals surface area contributed by atoms with E-state index in [1.165, 1.54) is 4.90 Å². The van der Waals surface area contributed by atoms with Gasteiger partial charge in [-0.3, -0.25) is 4.79 Å². The Kier molecular flexibility index (Phi) is 7.47. The highest BCUT2D eigenvalue weighted by molar-refractivity contribution is 9.10. The quantitative estimate of drug-likeness (QED) is 0.737. The van der Waals surface area contributed by atoms with Crippen molar-refractivity contribution in [3.05, 3.63) is 22.3 Å². The van der Waals surface area contributed by atoms with Crippen LogP contribution in [0.15, 0.2) is 16.7 Å². The Hall–Kier alpha value is -1.83. The highest BCUT2D eigenvalue weighted by Crippen LogP contribution is 2.20. The van der Waals surface area contributed by atoms with Crippen molar-refractivity contribution in [2.45, 2.75) is 39.8 Å². The smallest absolute Gasteiger partial charge is 0.410 e. The number of amides is 1. The fraction of sp³-hybridized carbons (Fsp3) is 0.562. The highest BCUT2D eigenvalue weighted by Gasteiger charge is 2.20. The van der Waals surface area contributed by atoms with Crippen molar-refractivity contribution in [2.24, 2.45) is 0 Å². The van der Waals surface area contributed by atoms with Gasteiger partial charge in [0.2, 0.25) is 0 Å². The number of esters is 1. The van der Waals surface area contributed by atoms with Gasteiger partial charge in [-0.2, -0.15) is 0 Å². The number of rotatable bonds is 6. The normalized spacial score (nSPS) is 10.9. The van der Waals surface area contributed by atoms with E-state index in [2.05, 4.69) is 26.2 Å². The first-order chi connectivity index (χ1) is 11.1. The summed E-state index contributed by atoms with van der Waals surface area (Å²) in [6.45, 7) is 7.79. The number of carbonyl (C=O) groups is 2. The first kappa shape index (κ1) is 20.2. The molecule has 0 aliphatic rings. The van der Waals surface area contributed by atoms with Crippen molar-refractivity contribution in [1.82, 2.24) is 9.88 Å². The molecule has 0 aliphatic carbocycles. The van der Waals surface area contributed by atoms with Crippen LogP contribution < -0.4 is 5.32 Å². The first-order valence-electron chi connectivity index (χ1n) is 7.60. The molecule has 0 aromatic carbocycles. The third-order valence-electron chi connectivity index (χ3n) is 2.75. The van der Waals surface area contributed by atoms with Crippen LogP contribution in [0.4, 0.5) is 10.6 Å². The molecule has 7 nitrogen and oxygen atoms in total. The summed E-state index contributed by atoms with van der Waals surface area (Å²) in [4.78, 5) is 29.3. The summed E-state index contributed by atoms with van der Waals surface area (Å²) < 4.78 is 11.0. The monoisotopic (exact) mass is 401 g/mol. The zero-order valence-electron chi connectivity index (χ0n) is 14.7. The summed E-state index contributed by atoms with van der Waals surface area (Å²) in [5.74, 6) is 0.148. The number of hydrogen-bond acceptors (Lipinski definition) is 6. The first-order valence-corrected chi connectivity index (χ1v) is 8.39. The lowest BCUT2D eigenvalue weighted by Crippen LogP contribution is -2.34. The van der Waals surface area contributed by atoms with Crippen LogP contribution in [-0.2, 0) is 20.8 Å². The van der Waals surface area contributed by atoms with Crippen molar-refractivity contribution in [3.8, 4) is 0 Å². The number of aromatic nitrogens is 1. The Morgan fingerprint density at radius 1 is 1.38 bits per heavy atom. The van der Waals surface area contributed by atoms with Crippen LogP contribution in [0.5, 0.6) is 0 Å². The number of ether oxygens (including phenoxy) is 2. The van der Waals surface area contributed by atoms with Gasteiger partial charge in [-0.05, 0) is 49.7 Å². The van der Waals surface area contributed by atoms with Gasteiger partial charge in [0.1, 0.15) is 18.0 Å². The number of nitrogens with one attached hydrogen (secondary N) is 1. The molecule has 0 unspecified atom stereocenters. The number of hydrogen-bond donors (Lipinski definition) is 1. The molecule has 1 N–H and O–H groups in total. The number of carbonyl (C=O) groups excluding carboxylic acids is 2. The number of anilines is 1. The van der Waals surface area contributed by atoms with E-state index in [0.29, 0.717) is 12.4 Å². The molecule has 1 aromatic heterocycles. The summed E-state index contributed by atoms with van der Waals surface area (Å²) in [6.07, 6.45) is 1.18. The third kappa shape index (κ3) is 7.16. The van der Waals surface area contributed by atoms with Crippen LogP contribution in [0.1, 0.15) is 33.3 Å². The standard InChI is InChI=1S/C16H24BrN3O4/c1-6-23-13(21)9-19-14-11(7-12(17)8-18-14)10-20(5)15(22)24-16(2,3)4/h7-8H,6,9-10H2,1-5H3,(H,18,19). The van der Waals surface area contributed by atoms with Gasteiger partial charge in [0.15, 0.2) is 0 Å². The van der Waals surface area contributed by atoms with E-state index in [1.807, 2.05) is 26.8 Å². The van der Waals surface area contributed by atoms with Gasteiger partial charge in [0, 0.05) is 23.3 Å². The molecule has 1 amide bonds. The molecule has 0 atom stereocenters. The molecule has 1 rings (SSSR count). The van der Waals surface area contributed by atoms with E-state index in [0.717, 1.165) is 10.0 Å². The highest BCUT2D eigenvalue weighted by atomic mass is 79.9. The fourth-order valence-electron chi connectivity index (χ4n) is 1.79. The number of nitrogens with zero attached hydrogens (tertiary/aromatic N) is 2. The Morgan fingerprint density at radius 3 is 2.62 bits per heavy atom. The molecular formula is C16H24BrN3O4.